The number of carbonyl (C=O) groups excluding carboxylic acids is 1. The highest BCUT2D eigenvalue weighted by molar-refractivity contribution is 5.74. The molecule has 0 bridgehead atoms. The van der Waals surface area contributed by atoms with Crippen LogP contribution in [0.15, 0.2) is 6.07 Å². The molecule has 0 aliphatic carbocycles. The number of hydrogen-bond donors (Lipinski definition) is 1. The van der Waals surface area contributed by atoms with Gasteiger partial charge in [-0.05, 0) is 25.5 Å². The third-order valence-corrected chi connectivity index (χ3v) is 2.37. The van der Waals surface area contributed by atoms with Crippen molar-refractivity contribution >= 4 is 5.97 Å². The number of esters is 1. The molecule has 1 rings (SSSR count). The van der Waals surface area contributed by atoms with E-state index < -0.39 is 18.2 Å². The molecule has 0 radical (unpaired) electrons. The SMILES string of the molecule is CCOC(=O)Cc1c(CN)cc(C)nc1OC(F)(F)F. The molecule has 0 atom stereocenters. The van der Waals surface area contributed by atoms with Gasteiger partial charge in [0.15, 0.2) is 0 Å². The number of aromatic nitrogens is 1. The number of hydrogen-bond acceptors (Lipinski definition) is 5. The number of aryl methyl sites for hydroxylation is 1. The third kappa shape index (κ3) is 4.69. The summed E-state index contributed by atoms with van der Waals surface area (Å²) in [6, 6.07) is 1.51. The fourth-order valence-corrected chi connectivity index (χ4v) is 1.66. The lowest BCUT2D eigenvalue weighted by Crippen LogP contribution is -2.21. The van der Waals surface area contributed by atoms with Crippen LogP contribution < -0.4 is 10.5 Å². The first kappa shape index (κ1) is 16.2. The van der Waals surface area contributed by atoms with Crippen LogP contribution in [0.4, 0.5) is 13.2 Å². The molecule has 0 aromatic carbocycles. The first-order valence-corrected chi connectivity index (χ1v) is 5.87. The van der Waals surface area contributed by atoms with Crippen molar-refractivity contribution in [2.24, 2.45) is 5.73 Å². The molecule has 1 aromatic rings. The molecular weight excluding hydrogens is 277 g/mol. The minimum Gasteiger partial charge on any atom is -0.466 e. The Morgan fingerprint density at radius 1 is 1.45 bits per heavy atom. The molecule has 20 heavy (non-hydrogen) atoms. The molecule has 5 nitrogen and oxygen atoms in total. The molecule has 0 aliphatic heterocycles. The molecule has 0 amide bonds. The van der Waals surface area contributed by atoms with Gasteiger partial charge >= 0.3 is 12.3 Å². The second kappa shape index (κ2) is 6.56. The number of nitrogens with zero attached hydrogens (tertiary/aromatic N) is 1. The molecule has 0 saturated carbocycles. The molecule has 0 aliphatic rings. The highest BCUT2D eigenvalue weighted by Gasteiger charge is 2.34. The predicted molar refractivity (Wildman–Crippen MR) is 63.9 cm³/mol. The van der Waals surface area contributed by atoms with Gasteiger partial charge in [-0.2, -0.15) is 0 Å². The van der Waals surface area contributed by atoms with Gasteiger partial charge in [0.05, 0.1) is 13.0 Å². The van der Waals surface area contributed by atoms with E-state index in [-0.39, 0.29) is 25.1 Å². The molecule has 8 heteroatoms. The Balaban J connectivity index is 3.18. The normalized spacial score (nSPS) is 11.3. The van der Waals surface area contributed by atoms with E-state index in [0.29, 0.717) is 11.3 Å². The Bertz CT molecular complexity index is 490. The van der Waals surface area contributed by atoms with Crippen molar-refractivity contribution in [2.45, 2.75) is 33.2 Å². The van der Waals surface area contributed by atoms with Crippen LogP contribution in [0, 0.1) is 6.92 Å². The smallest absolute Gasteiger partial charge is 0.466 e. The van der Waals surface area contributed by atoms with E-state index in [1.165, 1.54) is 13.0 Å². The summed E-state index contributed by atoms with van der Waals surface area (Å²) < 4.78 is 45.7. The Labute approximate surface area is 113 Å². The van der Waals surface area contributed by atoms with Crippen LogP contribution in [0.25, 0.3) is 0 Å². The van der Waals surface area contributed by atoms with Crippen molar-refractivity contribution in [3.05, 3.63) is 22.9 Å². The monoisotopic (exact) mass is 292 g/mol. The van der Waals surface area contributed by atoms with Crippen molar-refractivity contribution in [1.29, 1.82) is 0 Å². The fourth-order valence-electron chi connectivity index (χ4n) is 1.66. The Morgan fingerprint density at radius 3 is 2.60 bits per heavy atom. The summed E-state index contributed by atoms with van der Waals surface area (Å²) >= 11 is 0. The summed E-state index contributed by atoms with van der Waals surface area (Å²) in [5.74, 6) is -1.33. The lowest BCUT2D eigenvalue weighted by atomic mass is 10.1. The predicted octanol–water partition coefficient (Wildman–Crippen LogP) is 1.85. The lowest BCUT2D eigenvalue weighted by Gasteiger charge is -2.15. The van der Waals surface area contributed by atoms with Crippen molar-refractivity contribution in [3.8, 4) is 5.88 Å². The van der Waals surface area contributed by atoms with Crippen LogP contribution in [0.1, 0.15) is 23.7 Å². The maximum absolute atomic E-state index is 12.4. The molecule has 112 valence electrons. The van der Waals surface area contributed by atoms with Gasteiger partial charge in [-0.3, -0.25) is 4.79 Å². The molecule has 2 N–H and O–H groups in total. The Morgan fingerprint density at radius 2 is 2.10 bits per heavy atom. The van der Waals surface area contributed by atoms with Crippen molar-refractivity contribution in [2.75, 3.05) is 6.61 Å². The second-order valence-corrected chi connectivity index (χ2v) is 3.94. The fraction of sp³-hybridized carbons (Fsp3) is 0.500. The largest absolute Gasteiger partial charge is 0.574 e. The van der Waals surface area contributed by atoms with E-state index in [4.69, 9.17) is 10.5 Å². The van der Waals surface area contributed by atoms with Gasteiger partial charge in [-0.1, -0.05) is 0 Å². The van der Waals surface area contributed by atoms with Gasteiger partial charge in [0.1, 0.15) is 0 Å². The van der Waals surface area contributed by atoms with Gasteiger partial charge in [-0.15, -0.1) is 13.2 Å². The van der Waals surface area contributed by atoms with Gasteiger partial charge in [0.25, 0.3) is 0 Å². The minimum absolute atomic E-state index is 0.00567. The van der Waals surface area contributed by atoms with Gasteiger partial charge in [0.2, 0.25) is 5.88 Å². The van der Waals surface area contributed by atoms with Crippen LogP contribution >= 0.6 is 0 Å². The molecule has 1 aromatic heterocycles. The number of carbonyl (C=O) groups is 1. The average molecular weight is 292 g/mol. The minimum atomic E-state index is -4.89. The maximum Gasteiger partial charge on any atom is 0.574 e. The molecular formula is C12H15F3N2O3. The quantitative estimate of drug-likeness (QED) is 0.838. The number of ether oxygens (including phenoxy) is 2. The molecule has 0 fully saturated rings. The Kier molecular flexibility index (Phi) is 5.32. The van der Waals surface area contributed by atoms with Crippen molar-refractivity contribution in [3.63, 3.8) is 0 Å². The Hall–Kier alpha value is -1.83. The highest BCUT2D eigenvalue weighted by atomic mass is 19.4. The third-order valence-electron chi connectivity index (χ3n) is 2.37. The maximum atomic E-state index is 12.4. The molecule has 0 unspecified atom stereocenters. The van der Waals surface area contributed by atoms with Gasteiger partial charge in [-0.25, -0.2) is 4.98 Å². The van der Waals surface area contributed by atoms with Crippen LogP contribution in [-0.2, 0) is 22.5 Å². The van der Waals surface area contributed by atoms with E-state index in [1.807, 2.05) is 0 Å². The standard InChI is InChI=1S/C12H15F3N2O3/c1-3-19-10(18)5-9-8(6-16)4-7(2)17-11(9)20-12(13,14)15/h4H,3,5-6,16H2,1-2H3. The highest BCUT2D eigenvalue weighted by Crippen LogP contribution is 2.28. The second-order valence-electron chi connectivity index (χ2n) is 3.94. The zero-order valence-electron chi connectivity index (χ0n) is 11.1. The van der Waals surface area contributed by atoms with Crippen LogP contribution in [0.2, 0.25) is 0 Å². The molecule has 1 heterocycles. The average Bonchev–Trinajstić information content (AvgIpc) is 2.30. The zero-order valence-corrected chi connectivity index (χ0v) is 11.1. The molecule has 0 spiro atoms. The summed E-state index contributed by atoms with van der Waals surface area (Å²) in [6.45, 7) is 3.21. The number of alkyl halides is 3. The van der Waals surface area contributed by atoms with E-state index in [1.54, 1.807) is 6.92 Å². The van der Waals surface area contributed by atoms with Gasteiger partial charge < -0.3 is 15.2 Å². The summed E-state index contributed by atoms with van der Waals surface area (Å²) in [5.41, 5.74) is 6.16. The topological polar surface area (TPSA) is 74.4 Å². The summed E-state index contributed by atoms with van der Waals surface area (Å²) in [5, 5.41) is 0. The van der Waals surface area contributed by atoms with Crippen molar-refractivity contribution in [1.82, 2.24) is 4.98 Å². The van der Waals surface area contributed by atoms with E-state index in [0.717, 1.165) is 0 Å². The summed E-state index contributed by atoms with van der Waals surface area (Å²) in [6.07, 6.45) is -5.27. The molecule has 0 saturated heterocycles. The first-order chi connectivity index (χ1) is 9.26. The number of halogens is 3. The lowest BCUT2D eigenvalue weighted by molar-refractivity contribution is -0.276. The van der Waals surface area contributed by atoms with E-state index >= 15 is 0 Å². The van der Waals surface area contributed by atoms with E-state index in [9.17, 15) is 18.0 Å². The van der Waals surface area contributed by atoms with Crippen LogP contribution in [0.3, 0.4) is 0 Å². The van der Waals surface area contributed by atoms with Crippen LogP contribution in [0.5, 0.6) is 5.88 Å². The number of nitrogens with two attached hydrogens (primary N) is 1. The number of rotatable bonds is 5. The van der Waals surface area contributed by atoms with Gasteiger partial charge in [0, 0.05) is 17.8 Å². The van der Waals surface area contributed by atoms with Crippen molar-refractivity contribution < 1.29 is 27.4 Å². The van der Waals surface area contributed by atoms with Crippen LogP contribution in [-0.4, -0.2) is 23.9 Å². The summed E-state index contributed by atoms with van der Waals surface area (Å²) in [7, 11) is 0. The summed E-state index contributed by atoms with van der Waals surface area (Å²) in [4.78, 5) is 15.1. The van der Waals surface area contributed by atoms with E-state index in [2.05, 4.69) is 9.72 Å². The number of pyridine rings is 1. The zero-order chi connectivity index (χ0) is 15.3. The first-order valence-electron chi connectivity index (χ1n) is 5.87.